The molecule has 1 aliphatic heterocycles. The molecule has 138 valence electrons. The van der Waals surface area contributed by atoms with E-state index in [1.807, 2.05) is 0 Å². The average Bonchev–Trinajstić information content (AvgIpc) is 2.56. The summed E-state index contributed by atoms with van der Waals surface area (Å²) in [6, 6.07) is 0. The zero-order chi connectivity index (χ0) is 16.6. The molecule has 0 radical (unpaired) electrons. The lowest BCUT2D eigenvalue weighted by Crippen LogP contribution is -2.53. The minimum absolute atomic E-state index is 0.862. The maximum Gasteiger partial charge on any atom is 0.183 e. The van der Waals surface area contributed by atoms with Crippen LogP contribution in [0, 0.1) is 0 Å². The smallest absolute Gasteiger partial charge is 0.183 e. The summed E-state index contributed by atoms with van der Waals surface area (Å²) in [7, 11) is 2.28. The molecule has 0 amide bonds. The van der Waals surface area contributed by atoms with E-state index in [0.29, 0.717) is 0 Å². The van der Waals surface area contributed by atoms with Gasteiger partial charge in [-0.05, 0) is 6.42 Å². The lowest BCUT2D eigenvalue weighted by Gasteiger charge is -2.36. The number of nitrogens with zero attached hydrogens (tertiary/aromatic N) is 1. The van der Waals surface area contributed by atoms with Crippen LogP contribution in [-0.2, 0) is 9.47 Å². The first kappa shape index (κ1) is 20.9. The van der Waals surface area contributed by atoms with Crippen LogP contribution in [0.1, 0.15) is 84.0 Å². The third kappa shape index (κ3) is 12.0. The Kier molecular flexibility index (Phi) is 13.0. The van der Waals surface area contributed by atoms with E-state index in [9.17, 15) is 0 Å². The molecule has 0 aliphatic carbocycles. The first-order chi connectivity index (χ1) is 11.3. The summed E-state index contributed by atoms with van der Waals surface area (Å²) in [6.45, 7) is 8.05. The number of morpholine rings is 1. The van der Waals surface area contributed by atoms with Gasteiger partial charge in [-0.25, -0.2) is 0 Å². The van der Waals surface area contributed by atoms with Gasteiger partial charge < -0.3 is 9.47 Å². The molecule has 1 saturated heterocycles. The van der Waals surface area contributed by atoms with Crippen molar-refractivity contribution in [1.29, 1.82) is 0 Å². The zero-order valence-corrected chi connectivity index (χ0v) is 16.0. The highest BCUT2D eigenvalue weighted by Gasteiger charge is 2.24. The van der Waals surface area contributed by atoms with Crippen molar-refractivity contribution < 1.29 is 14.0 Å². The SMILES string of the molecule is CCCCCCCCCCCCCCOC[N+]1(C)CCOCC1. The molecule has 0 aromatic rings. The van der Waals surface area contributed by atoms with Gasteiger partial charge in [0.25, 0.3) is 0 Å². The first-order valence-corrected chi connectivity index (χ1v) is 10.3. The third-order valence-electron chi connectivity index (χ3n) is 5.10. The van der Waals surface area contributed by atoms with Gasteiger partial charge in [0.15, 0.2) is 6.73 Å². The maximum absolute atomic E-state index is 5.88. The van der Waals surface area contributed by atoms with E-state index >= 15 is 0 Å². The molecule has 0 atom stereocenters. The fourth-order valence-electron chi connectivity index (χ4n) is 3.24. The number of hydrogen-bond donors (Lipinski definition) is 0. The Bertz CT molecular complexity index is 252. The molecule has 23 heavy (non-hydrogen) atoms. The van der Waals surface area contributed by atoms with Crippen molar-refractivity contribution in [2.24, 2.45) is 0 Å². The van der Waals surface area contributed by atoms with Crippen molar-refractivity contribution in [2.45, 2.75) is 84.0 Å². The molecule has 0 aromatic carbocycles. The second kappa shape index (κ2) is 14.2. The molecular formula is C20H42NO2+. The van der Waals surface area contributed by atoms with Crippen LogP contribution in [0.25, 0.3) is 0 Å². The van der Waals surface area contributed by atoms with Crippen molar-refractivity contribution in [2.75, 3.05) is 46.7 Å². The number of hydrogen-bond acceptors (Lipinski definition) is 2. The largest absolute Gasteiger partial charge is 0.370 e. The van der Waals surface area contributed by atoms with Gasteiger partial charge in [0.2, 0.25) is 0 Å². The molecule has 1 fully saturated rings. The van der Waals surface area contributed by atoms with Crippen LogP contribution in [-0.4, -0.2) is 51.2 Å². The van der Waals surface area contributed by atoms with Crippen LogP contribution < -0.4 is 0 Å². The minimum atomic E-state index is 0.862. The summed E-state index contributed by atoms with van der Waals surface area (Å²) < 4.78 is 12.3. The van der Waals surface area contributed by atoms with Crippen LogP contribution in [0.3, 0.4) is 0 Å². The number of rotatable bonds is 15. The minimum Gasteiger partial charge on any atom is -0.370 e. The Labute approximate surface area is 145 Å². The Morgan fingerprint density at radius 2 is 1.22 bits per heavy atom. The molecule has 0 aromatic heterocycles. The van der Waals surface area contributed by atoms with Gasteiger partial charge in [0, 0.05) is 0 Å². The summed E-state index contributed by atoms with van der Waals surface area (Å²) in [4.78, 5) is 0. The van der Waals surface area contributed by atoms with Gasteiger partial charge in [0.1, 0.15) is 13.1 Å². The van der Waals surface area contributed by atoms with E-state index in [0.717, 1.165) is 44.1 Å². The Hall–Kier alpha value is -0.120. The number of unbranched alkanes of at least 4 members (excludes halogenated alkanes) is 11. The summed E-state index contributed by atoms with van der Waals surface area (Å²) in [5.41, 5.74) is 0. The van der Waals surface area contributed by atoms with Crippen LogP contribution in [0.2, 0.25) is 0 Å². The average molecular weight is 329 g/mol. The molecule has 1 aliphatic rings. The standard InChI is InChI=1S/C20H42NO2/c1-3-4-5-6-7-8-9-10-11-12-13-14-17-23-20-21(2)15-18-22-19-16-21/h3-20H2,1-2H3/q+1. The number of likely N-dealkylation sites (N-methyl/N-ethyl adjacent to an activating group) is 1. The number of ether oxygens (including phenoxy) is 2. The van der Waals surface area contributed by atoms with Gasteiger partial charge >= 0.3 is 0 Å². The van der Waals surface area contributed by atoms with Crippen LogP contribution >= 0.6 is 0 Å². The summed E-state index contributed by atoms with van der Waals surface area (Å²) in [6.07, 6.45) is 16.8. The fraction of sp³-hybridized carbons (Fsp3) is 1.00. The van der Waals surface area contributed by atoms with Crippen molar-refractivity contribution in [3.05, 3.63) is 0 Å². The molecule has 0 bridgehead atoms. The molecule has 0 saturated carbocycles. The molecule has 0 spiro atoms. The van der Waals surface area contributed by atoms with E-state index < -0.39 is 0 Å². The second-order valence-corrected chi connectivity index (χ2v) is 7.61. The van der Waals surface area contributed by atoms with E-state index in [1.165, 1.54) is 77.0 Å². The predicted molar refractivity (Wildman–Crippen MR) is 98.6 cm³/mol. The molecular weight excluding hydrogens is 286 g/mol. The van der Waals surface area contributed by atoms with Crippen LogP contribution in [0.4, 0.5) is 0 Å². The molecule has 1 heterocycles. The topological polar surface area (TPSA) is 18.5 Å². The first-order valence-electron chi connectivity index (χ1n) is 10.3. The van der Waals surface area contributed by atoms with Crippen LogP contribution in [0.5, 0.6) is 0 Å². The maximum atomic E-state index is 5.88. The fourth-order valence-corrected chi connectivity index (χ4v) is 3.24. The van der Waals surface area contributed by atoms with Gasteiger partial charge in [-0.1, -0.05) is 77.6 Å². The Morgan fingerprint density at radius 3 is 1.74 bits per heavy atom. The monoisotopic (exact) mass is 328 g/mol. The molecule has 0 unspecified atom stereocenters. The quantitative estimate of drug-likeness (QED) is 0.306. The van der Waals surface area contributed by atoms with Crippen molar-refractivity contribution >= 4 is 0 Å². The van der Waals surface area contributed by atoms with Crippen molar-refractivity contribution in [3.63, 3.8) is 0 Å². The summed E-state index contributed by atoms with van der Waals surface area (Å²) >= 11 is 0. The van der Waals surface area contributed by atoms with Gasteiger partial charge in [-0.3, -0.25) is 4.48 Å². The molecule has 1 rings (SSSR count). The van der Waals surface area contributed by atoms with Crippen molar-refractivity contribution in [1.82, 2.24) is 0 Å². The third-order valence-corrected chi connectivity index (χ3v) is 5.10. The predicted octanol–water partition coefficient (Wildman–Crippen LogP) is 5.14. The molecule has 0 N–H and O–H groups in total. The van der Waals surface area contributed by atoms with Gasteiger partial charge in [-0.2, -0.15) is 0 Å². The van der Waals surface area contributed by atoms with E-state index in [-0.39, 0.29) is 0 Å². The molecule has 3 nitrogen and oxygen atoms in total. The number of quaternary nitrogens is 1. The highest BCUT2D eigenvalue weighted by atomic mass is 16.5. The van der Waals surface area contributed by atoms with Crippen molar-refractivity contribution in [3.8, 4) is 0 Å². The Morgan fingerprint density at radius 1 is 0.739 bits per heavy atom. The second-order valence-electron chi connectivity index (χ2n) is 7.61. The highest BCUT2D eigenvalue weighted by molar-refractivity contribution is 4.48. The van der Waals surface area contributed by atoms with E-state index in [2.05, 4.69) is 14.0 Å². The summed E-state index contributed by atoms with van der Waals surface area (Å²) in [5, 5.41) is 0. The van der Waals surface area contributed by atoms with Gasteiger partial charge in [0.05, 0.1) is 26.9 Å². The zero-order valence-electron chi connectivity index (χ0n) is 16.0. The lowest BCUT2D eigenvalue weighted by atomic mass is 10.1. The van der Waals surface area contributed by atoms with E-state index in [4.69, 9.17) is 9.47 Å². The lowest BCUT2D eigenvalue weighted by molar-refractivity contribution is -0.934. The Balaban J connectivity index is 1.74. The molecule has 3 heteroatoms. The summed E-state index contributed by atoms with van der Waals surface area (Å²) in [5.74, 6) is 0. The van der Waals surface area contributed by atoms with Gasteiger partial charge in [-0.15, -0.1) is 0 Å². The highest BCUT2D eigenvalue weighted by Crippen LogP contribution is 2.12. The van der Waals surface area contributed by atoms with E-state index in [1.54, 1.807) is 0 Å². The normalized spacial score (nSPS) is 17.5. The van der Waals surface area contributed by atoms with Crippen LogP contribution in [0.15, 0.2) is 0 Å².